The van der Waals surface area contributed by atoms with Crippen molar-refractivity contribution in [3.63, 3.8) is 0 Å². The molecule has 0 radical (unpaired) electrons. The quantitative estimate of drug-likeness (QED) is 0.186. The number of nitrogens with zero attached hydrogens (tertiary/aromatic N) is 4. The van der Waals surface area contributed by atoms with Crippen molar-refractivity contribution in [1.29, 1.82) is 0 Å². The smallest absolute Gasteiger partial charge is 0.243 e. The monoisotopic (exact) mass is 542 g/mol. The van der Waals surface area contributed by atoms with Crippen molar-refractivity contribution in [2.45, 2.75) is 52.4 Å². The molecule has 1 saturated heterocycles. The largest absolute Gasteiger partial charge is 0.384 e. The van der Waals surface area contributed by atoms with Gasteiger partial charge in [-0.15, -0.1) is 0 Å². The van der Waals surface area contributed by atoms with Crippen molar-refractivity contribution >= 4 is 28.6 Å². The van der Waals surface area contributed by atoms with Gasteiger partial charge < -0.3 is 20.4 Å². The zero-order chi connectivity index (χ0) is 28.0. The molecule has 7 heteroatoms. The standard InChI is InChI=1S/C33H46N6O/c1-3-20-38(4-2)23-9-18-36-33(40)15-12-27-10-13-28(14-11-27)31-25-32(29-26-34-19-16-30(29)37-31)35-17-8-24-39-21-6-5-7-22-39/h10-16,19,25-26H,3-9,17-18,20-24H2,1-2H3,(H,35,37)(H,36,40)/b15-12+. The molecule has 1 amide bonds. The normalized spacial score (nSPS) is 14.3. The van der Waals surface area contributed by atoms with E-state index in [4.69, 9.17) is 4.98 Å². The van der Waals surface area contributed by atoms with E-state index in [9.17, 15) is 4.79 Å². The topological polar surface area (TPSA) is 73.4 Å². The minimum atomic E-state index is -0.0524. The Balaban J connectivity index is 1.32. The third kappa shape index (κ3) is 9.14. The molecule has 7 nitrogen and oxygen atoms in total. The molecule has 0 aliphatic carbocycles. The number of hydrogen-bond acceptors (Lipinski definition) is 6. The lowest BCUT2D eigenvalue weighted by Crippen LogP contribution is -2.31. The summed E-state index contributed by atoms with van der Waals surface area (Å²) in [4.78, 5) is 26.5. The molecule has 0 unspecified atom stereocenters. The molecule has 0 saturated carbocycles. The first-order valence-electron chi connectivity index (χ1n) is 15.2. The second kappa shape index (κ2) is 16.1. The van der Waals surface area contributed by atoms with Crippen LogP contribution in [0.2, 0.25) is 0 Å². The van der Waals surface area contributed by atoms with Crippen molar-refractivity contribution in [2.24, 2.45) is 0 Å². The molecule has 0 spiro atoms. The Labute approximate surface area is 240 Å². The number of amides is 1. The fraction of sp³-hybridized carbons (Fsp3) is 0.485. The number of nitrogens with one attached hydrogen (secondary N) is 2. The molecule has 3 heterocycles. The van der Waals surface area contributed by atoms with Crippen LogP contribution >= 0.6 is 0 Å². The van der Waals surface area contributed by atoms with Crippen LogP contribution in [0.25, 0.3) is 28.2 Å². The van der Waals surface area contributed by atoms with Crippen LogP contribution in [0, 0.1) is 0 Å². The maximum Gasteiger partial charge on any atom is 0.243 e. The van der Waals surface area contributed by atoms with E-state index in [0.717, 1.165) is 85.4 Å². The third-order valence-corrected chi connectivity index (χ3v) is 7.60. The molecular weight excluding hydrogens is 496 g/mol. The number of anilines is 1. The van der Waals surface area contributed by atoms with Gasteiger partial charge in [0.25, 0.3) is 0 Å². The van der Waals surface area contributed by atoms with E-state index in [1.165, 1.54) is 32.4 Å². The molecule has 1 aliphatic rings. The average Bonchev–Trinajstić information content (AvgIpc) is 3.00. The fourth-order valence-electron chi connectivity index (χ4n) is 5.33. The van der Waals surface area contributed by atoms with Gasteiger partial charge in [-0.1, -0.05) is 44.5 Å². The van der Waals surface area contributed by atoms with Crippen molar-refractivity contribution in [2.75, 3.05) is 57.7 Å². The van der Waals surface area contributed by atoms with Crippen LogP contribution < -0.4 is 10.6 Å². The van der Waals surface area contributed by atoms with Crippen LogP contribution in [0.1, 0.15) is 57.9 Å². The molecule has 3 aromatic rings. The molecule has 0 bridgehead atoms. The highest BCUT2D eigenvalue weighted by atomic mass is 16.1. The van der Waals surface area contributed by atoms with E-state index in [2.05, 4.69) is 57.5 Å². The highest BCUT2D eigenvalue weighted by molar-refractivity contribution is 5.93. The van der Waals surface area contributed by atoms with Gasteiger partial charge in [0.15, 0.2) is 0 Å². The van der Waals surface area contributed by atoms with E-state index < -0.39 is 0 Å². The van der Waals surface area contributed by atoms with Crippen LogP contribution in [0.5, 0.6) is 0 Å². The Morgan fingerprint density at radius 1 is 1.02 bits per heavy atom. The predicted molar refractivity (Wildman–Crippen MR) is 167 cm³/mol. The van der Waals surface area contributed by atoms with Crippen LogP contribution in [-0.4, -0.2) is 78.0 Å². The number of benzene rings is 1. The summed E-state index contributed by atoms with van der Waals surface area (Å²) < 4.78 is 0. The van der Waals surface area contributed by atoms with Crippen molar-refractivity contribution < 1.29 is 4.79 Å². The van der Waals surface area contributed by atoms with E-state index >= 15 is 0 Å². The van der Waals surface area contributed by atoms with Crippen LogP contribution in [0.3, 0.4) is 0 Å². The summed E-state index contributed by atoms with van der Waals surface area (Å²) in [6.07, 6.45) is 14.4. The Morgan fingerprint density at radius 3 is 2.62 bits per heavy atom. The van der Waals surface area contributed by atoms with E-state index in [1.807, 2.05) is 30.5 Å². The zero-order valence-electron chi connectivity index (χ0n) is 24.4. The lowest BCUT2D eigenvalue weighted by Gasteiger charge is -2.26. The van der Waals surface area contributed by atoms with Crippen molar-refractivity contribution in [3.05, 3.63) is 60.4 Å². The van der Waals surface area contributed by atoms with Gasteiger partial charge in [-0.3, -0.25) is 9.78 Å². The second-order valence-corrected chi connectivity index (χ2v) is 10.7. The Kier molecular flexibility index (Phi) is 11.9. The SMILES string of the molecule is CCCN(CC)CCCNC(=O)/C=C/c1ccc(-c2cc(NCCCN3CCCCC3)c3cnccc3n2)cc1. The number of hydrogen-bond donors (Lipinski definition) is 2. The van der Waals surface area contributed by atoms with Gasteiger partial charge in [0.05, 0.1) is 11.2 Å². The van der Waals surface area contributed by atoms with Crippen LogP contribution in [0.15, 0.2) is 54.9 Å². The summed E-state index contributed by atoms with van der Waals surface area (Å²) >= 11 is 0. The fourth-order valence-corrected chi connectivity index (χ4v) is 5.33. The summed E-state index contributed by atoms with van der Waals surface area (Å²) in [6, 6.07) is 12.3. The molecular formula is C33H46N6O. The second-order valence-electron chi connectivity index (χ2n) is 10.7. The number of carbonyl (C=O) groups excluding carboxylic acids is 1. The van der Waals surface area contributed by atoms with Gasteiger partial charge in [0.1, 0.15) is 0 Å². The zero-order valence-corrected chi connectivity index (χ0v) is 24.4. The third-order valence-electron chi connectivity index (χ3n) is 7.60. The number of rotatable bonds is 15. The van der Waals surface area contributed by atoms with Gasteiger partial charge in [0.2, 0.25) is 5.91 Å². The summed E-state index contributed by atoms with van der Waals surface area (Å²) in [7, 11) is 0. The summed E-state index contributed by atoms with van der Waals surface area (Å²) in [5, 5.41) is 7.69. The maximum atomic E-state index is 12.3. The van der Waals surface area contributed by atoms with E-state index in [0.29, 0.717) is 6.54 Å². The molecule has 0 atom stereocenters. The van der Waals surface area contributed by atoms with E-state index in [-0.39, 0.29) is 5.91 Å². The first-order chi connectivity index (χ1) is 19.7. The highest BCUT2D eigenvalue weighted by Gasteiger charge is 2.11. The number of fused-ring (bicyclic) bond motifs is 1. The van der Waals surface area contributed by atoms with Gasteiger partial charge in [-0.2, -0.15) is 0 Å². The number of carbonyl (C=O) groups is 1. The van der Waals surface area contributed by atoms with E-state index in [1.54, 1.807) is 12.3 Å². The minimum Gasteiger partial charge on any atom is -0.384 e. The Hall–Kier alpha value is -3.29. The average molecular weight is 543 g/mol. The van der Waals surface area contributed by atoms with Gasteiger partial charge in [0, 0.05) is 48.2 Å². The Morgan fingerprint density at radius 2 is 1.85 bits per heavy atom. The lowest BCUT2D eigenvalue weighted by atomic mass is 10.1. The molecule has 214 valence electrons. The molecule has 1 aliphatic heterocycles. The number of pyridine rings is 2. The molecule has 1 aromatic carbocycles. The van der Waals surface area contributed by atoms with Crippen LogP contribution in [-0.2, 0) is 4.79 Å². The van der Waals surface area contributed by atoms with Gasteiger partial charge >= 0.3 is 0 Å². The molecule has 2 aromatic heterocycles. The first kappa shape index (κ1) is 29.7. The number of likely N-dealkylation sites (tertiary alicyclic amines) is 1. The van der Waals surface area contributed by atoms with Crippen LogP contribution in [0.4, 0.5) is 5.69 Å². The summed E-state index contributed by atoms with van der Waals surface area (Å²) in [6.45, 7) is 12.8. The van der Waals surface area contributed by atoms with Gasteiger partial charge in [-0.05, 0) is 95.1 Å². The van der Waals surface area contributed by atoms with Crippen molar-refractivity contribution in [3.8, 4) is 11.3 Å². The molecule has 2 N–H and O–H groups in total. The predicted octanol–water partition coefficient (Wildman–Crippen LogP) is 5.84. The maximum absolute atomic E-state index is 12.3. The molecule has 1 fully saturated rings. The molecule has 40 heavy (non-hydrogen) atoms. The lowest BCUT2D eigenvalue weighted by molar-refractivity contribution is -0.116. The first-order valence-corrected chi connectivity index (χ1v) is 15.2. The Bertz CT molecular complexity index is 1220. The summed E-state index contributed by atoms with van der Waals surface area (Å²) in [5.74, 6) is -0.0524. The highest BCUT2D eigenvalue weighted by Crippen LogP contribution is 2.28. The van der Waals surface area contributed by atoms with Gasteiger partial charge in [-0.25, -0.2) is 4.98 Å². The number of aromatic nitrogens is 2. The number of piperidine rings is 1. The minimum absolute atomic E-state index is 0.0524. The summed E-state index contributed by atoms with van der Waals surface area (Å²) in [5.41, 5.74) is 4.96. The molecule has 4 rings (SSSR count). The van der Waals surface area contributed by atoms with Crippen molar-refractivity contribution in [1.82, 2.24) is 25.1 Å².